The summed E-state index contributed by atoms with van der Waals surface area (Å²) in [5.41, 5.74) is 1.66. The van der Waals surface area contributed by atoms with E-state index in [4.69, 9.17) is 0 Å². The Bertz CT molecular complexity index is 481. The van der Waals surface area contributed by atoms with E-state index in [0.29, 0.717) is 12.0 Å². The van der Waals surface area contributed by atoms with Crippen LogP contribution in [0.1, 0.15) is 30.6 Å². The monoisotopic (exact) mass is 320 g/mol. The Morgan fingerprint density at radius 1 is 1.35 bits per heavy atom. The van der Waals surface area contributed by atoms with E-state index < -0.39 is 19.6 Å². The molecule has 5 heteroatoms. The molecule has 0 spiro atoms. The lowest BCUT2D eigenvalue weighted by Gasteiger charge is -2.30. The van der Waals surface area contributed by atoms with Crippen LogP contribution in [0.3, 0.4) is 0 Å². The number of rotatable bonds is 4. The second-order valence-electron chi connectivity index (χ2n) is 4.23. The standard InChI is InChI=1S/C12H17BrO3S/c1-4-12(13,17(3,15)16)11(14)10-7-5-9(2)6-8-10/h5-8,11,14H,4H2,1-3H3/t11-,12+/m1/s1. The summed E-state index contributed by atoms with van der Waals surface area (Å²) in [6.07, 6.45) is 0.340. The smallest absolute Gasteiger partial charge is 0.166 e. The normalized spacial score (nSPS) is 17.5. The van der Waals surface area contributed by atoms with Gasteiger partial charge in [-0.15, -0.1) is 0 Å². The van der Waals surface area contributed by atoms with Crippen molar-refractivity contribution in [2.45, 2.75) is 30.0 Å². The van der Waals surface area contributed by atoms with E-state index >= 15 is 0 Å². The third-order valence-electron chi connectivity index (χ3n) is 2.90. The molecule has 0 aliphatic carbocycles. The predicted molar refractivity (Wildman–Crippen MR) is 72.9 cm³/mol. The molecule has 0 fully saturated rings. The fourth-order valence-electron chi connectivity index (χ4n) is 1.66. The van der Waals surface area contributed by atoms with Crippen molar-refractivity contribution in [3.63, 3.8) is 0 Å². The first-order valence-corrected chi connectivity index (χ1v) is 8.04. The molecule has 1 aromatic carbocycles. The van der Waals surface area contributed by atoms with E-state index in [1.807, 2.05) is 19.1 Å². The van der Waals surface area contributed by atoms with Gasteiger partial charge in [0.2, 0.25) is 0 Å². The van der Waals surface area contributed by atoms with Crippen LogP contribution in [-0.2, 0) is 9.84 Å². The summed E-state index contributed by atoms with van der Waals surface area (Å²) in [5, 5.41) is 10.2. The van der Waals surface area contributed by atoms with Crippen molar-refractivity contribution in [1.29, 1.82) is 0 Å². The molecular weight excluding hydrogens is 304 g/mol. The van der Waals surface area contributed by atoms with Gasteiger partial charge >= 0.3 is 0 Å². The molecule has 0 aliphatic heterocycles. The number of hydrogen-bond acceptors (Lipinski definition) is 3. The van der Waals surface area contributed by atoms with Gasteiger partial charge in [-0.3, -0.25) is 0 Å². The lowest BCUT2D eigenvalue weighted by molar-refractivity contribution is 0.160. The number of aliphatic hydroxyl groups is 1. The Labute approximate surface area is 111 Å². The molecule has 0 saturated heterocycles. The molecule has 1 rings (SSSR count). The van der Waals surface area contributed by atoms with Crippen molar-refractivity contribution in [1.82, 2.24) is 0 Å². The number of halogens is 1. The number of sulfone groups is 1. The highest BCUT2D eigenvalue weighted by molar-refractivity contribution is 9.11. The zero-order chi connectivity index (χ0) is 13.3. The highest BCUT2D eigenvalue weighted by Gasteiger charge is 2.44. The van der Waals surface area contributed by atoms with Crippen LogP contribution in [0.2, 0.25) is 0 Å². The molecule has 1 N–H and O–H groups in total. The minimum absolute atomic E-state index is 0.293. The molecule has 3 nitrogen and oxygen atoms in total. The molecule has 0 saturated carbocycles. The van der Waals surface area contributed by atoms with Crippen LogP contribution in [-0.4, -0.2) is 23.4 Å². The molecule has 96 valence electrons. The molecule has 2 atom stereocenters. The van der Waals surface area contributed by atoms with Crippen LogP contribution in [0.5, 0.6) is 0 Å². The van der Waals surface area contributed by atoms with E-state index in [0.717, 1.165) is 11.8 Å². The number of benzene rings is 1. The first-order valence-electron chi connectivity index (χ1n) is 5.35. The average molecular weight is 321 g/mol. The maximum atomic E-state index is 11.8. The van der Waals surface area contributed by atoms with E-state index in [1.165, 1.54) is 0 Å². The Morgan fingerprint density at radius 3 is 2.18 bits per heavy atom. The van der Waals surface area contributed by atoms with Gasteiger partial charge in [0.05, 0.1) is 0 Å². The molecule has 17 heavy (non-hydrogen) atoms. The highest BCUT2D eigenvalue weighted by atomic mass is 79.9. The summed E-state index contributed by atoms with van der Waals surface area (Å²) in [7, 11) is -3.41. The van der Waals surface area contributed by atoms with Gasteiger partial charge in [-0.25, -0.2) is 8.42 Å². The van der Waals surface area contributed by atoms with Crippen molar-refractivity contribution in [3.05, 3.63) is 35.4 Å². The number of alkyl halides is 1. The van der Waals surface area contributed by atoms with E-state index in [-0.39, 0.29) is 0 Å². The summed E-state index contributed by atoms with van der Waals surface area (Å²) < 4.78 is 22.2. The third kappa shape index (κ3) is 2.89. The zero-order valence-corrected chi connectivity index (χ0v) is 12.5. The van der Waals surface area contributed by atoms with E-state index in [9.17, 15) is 13.5 Å². The maximum absolute atomic E-state index is 11.8. The number of aryl methyl sites for hydroxylation is 1. The van der Waals surface area contributed by atoms with Gasteiger partial charge in [-0.05, 0) is 18.9 Å². The van der Waals surface area contributed by atoms with Crippen LogP contribution >= 0.6 is 15.9 Å². The second kappa shape index (κ2) is 5.08. The first-order chi connectivity index (χ1) is 7.72. The van der Waals surface area contributed by atoms with E-state index in [2.05, 4.69) is 15.9 Å². The second-order valence-corrected chi connectivity index (χ2v) is 8.44. The quantitative estimate of drug-likeness (QED) is 0.867. The molecular formula is C12H17BrO3S. The molecule has 0 aliphatic rings. The Kier molecular flexibility index (Phi) is 4.38. The molecule has 0 aromatic heterocycles. The lowest BCUT2D eigenvalue weighted by Crippen LogP contribution is -2.37. The van der Waals surface area contributed by atoms with Crippen LogP contribution < -0.4 is 0 Å². The molecule has 1 aromatic rings. The Hall–Kier alpha value is -0.390. The first kappa shape index (κ1) is 14.7. The highest BCUT2D eigenvalue weighted by Crippen LogP contribution is 2.41. The topological polar surface area (TPSA) is 54.4 Å². The fraction of sp³-hybridized carbons (Fsp3) is 0.500. The average Bonchev–Trinajstić information content (AvgIpc) is 2.26. The predicted octanol–water partition coefficient (Wildman–Crippen LogP) is 2.57. The van der Waals surface area contributed by atoms with Gasteiger partial charge in [-0.1, -0.05) is 52.7 Å². The largest absolute Gasteiger partial charge is 0.386 e. The van der Waals surface area contributed by atoms with Crippen molar-refractivity contribution < 1.29 is 13.5 Å². The Balaban J connectivity index is 3.19. The molecule has 0 bridgehead atoms. The van der Waals surface area contributed by atoms with Crippen molar-refractivity contribution in [3.8, 4) is 0 Å². The SMILES string of the molecule is CC[C@@](Br)([C@H](O)c1ccc(C)cc1)S(C)(=O)=O. The van der Waals surface area contributed by atoms with Gasteiger partial charge in [-0.2, -0.15) is 0 Å². The minimum atomic E-state index is -3.41. The summed E-state index contributed by atoms with van der Waals surface area (Å²) in [4.78, 5) is 0. The summed E-state index contributed by atoms with van der Waals surface area (Å²) in [5.74, 6) is 0. The fourth-order valence-corrected chi connectivity index (χ4v) is 2.99. The van der Waals surface area contributed by atoms with Gasteiger partial charge in [0.25, 0.3) is 0 Å². The van der Waals surface area contributed by atoms with Crippen molar-refractivity contribution >= 4 is 25.8 Å². The van der Waals surface area contributed by atoms with Crippen LogP contribution in [0, 0.1) is 6.92 Å². The molecule has 0 amide bonds. The van der Waals surface area contributed by atoms with Crippen molar-refractivity contribution in [2.24, 2.45) is 0 Å². The van der Waals surface area contributed by atoms with E-state index in [1.54, 1.807) is 19.1 Å². The Morgan fingerprint density at radius 2 is 1.82 bits per heavy atom. The zero-order valence-electron chi connectivity index (χ0n) is 10.1. The number of aliphatic hydroxyl groups excluding tert-OH is 1. The van der Waals surface area contributed by atoms with Gasteiger partial charge < -0.3 is 5.11 Å². The van der Waals surface area contributed by atoms with Gasteiger partial charge in [0, 0.05) is 6.26 Å². The third-order valence-corrected chi connectivity index (χ3v) is 7.40. The van der Waals surface area contributed by atoms with Gasteiger partial charge in [0.1, 0.15) is 6.10 Å². The molecule has 0 radical (unpaired) electrons. The van der Waals surface area contributed by atoms with Crippen LogP contribution in [0.4, 0.5) is 0 Å². The maximum Gasteiger partial charge on any atom is 0.166 e. The molecule has 0 heterocycles. The van der Waals surface area contributed by atoms with Crippen LogP contribution in [0.25, 0.3) is 0 Å². The van der Waals surface area contributed by atoms with Crippen LogP contribution in [0.15, 0.2) is 24.3 Å². The summed E-state index contributed by atoms with van der Waals surface area (Å²) in [6, 6.07) is 7.20. The lowest BCUT2D eigenvalue weighted by atomic mass is 10.0. The van der Waals surface area contributed by atoms with Crippen molar-refractivity contribution in [2.75, 3.05) is 6.26 Å². The summed E-state index contributed by atoms with van der Waals surface area (Å²) >= 11 is 3.19. The minimum Gasteiger partial charge on any atom is -0.386 e. The van der Waals surface area contributed by atoms with Gasteiger partial charge in [0.15, 0.2) is 13.5 Å². The number of hydrogen-bond donors (Lipinski definition) is 1. The molecule has 0 unspecified atom stereocenters. The summed E-state index contributed by atoms with van der Waals surface area (Å²) in [6.45, 7) is 3.67.